The number of rotatable bonds is 8. The predicted octanol–water partition coefficient (Wildman–Crippen LogP) is 3.53. The van der Waals surface area contributed by atoms with E-state index in [-0.39, 0.29) is 29.9 Å². The molecule has 0 radical (unpaired) electrons. The van der Waals surface area contributed by atoms with Crippen LogP contribution < -0.4 is 20.9 Å². The Labute approximate surface area is 217 Å². The van der Waals surface area contributed by atoms with Gasteiger partial charge in [-0.25, -0.2) is 14.2 Å². The number of nitrogens with one attached hydrogen (secondary N) is 2. The Morgan fingerprint density at radius 3 is 2.70 bits per heavy atom. The van der Waals surface area contributed by atoms with Crippen molar-refractivity contribution >= 4 is 23.3 Å². The molecule has 4 heterocycles. The van der Waals surface area contributed by atoms with E-state index in [2.05, 4.69) is 20.7 Å². The number of carbonyl (C=O) groups excluding carboxylic acids is 1. The highest BCUT2D eigenvalue weighted by atomic mass is 35.5. The van der Waals surface area contributed by atoms with Crippen LogP contribution in [0.2, 0.25) is 5.02 Å². The lowest BCUT2D eigenvalue weighted by Gasteiger charge is -2.29. The highest BCUT2D eigenvalue weighted by molar-refractivity contribution is 6.32. The number of halogens is 2. The molecule has 5 rings (SSSR count). The van der Waals surface area contributed by atoms with Gasteiger partial charge in [-0.1, -0.05) is 23.7 Å². The first-order valence-electron chi connectivity index (χ1n) is 11.9. The molecule has 1 atom stereocenters. The lowest BCUT2D eigenvalue weighted by molar-refractivity contribution is -0.0234. The minimum absolute atomic E-state index is 0.00364. The molecule has 0 spiro atoms. The van der Waals surface area contributed by atoms with Crippen LogP contribution in [0, 0.1) is 0 Å². The highest BCUT2D eigenvalue weighted by Gasteiger charge is 2.32. The zero-order valence-electron chi connectivity index (χ0n) is 20.0. The average molecular weight is 529 g/mol. The van der Waals surface area contributed by atoms with Gasteiger partial charge in [0.1, 0.15) is 10.8 Å². The maximum atomic E-state index is 14.8. The summed E-state index contributed by atoms with van der Waals surface area (Å²) in [4.78, 5) is 30.5. The normalized spacial score (nSPS) is 19.5. The summed E-state index contributed by atoms with van der Waals surface area (Å²) < 4.78 is 26.9. The Bertz CT molecular complexity index is 1310. The van der Waals surface area contributed by atoms with Crippen molar-refractivity contribution in [2.45, 2.75) is 25.1 Å². The van der Waals surface area contributed by atoms with E-state index in [1.165, 1.54) is 12.4 Å². The fourth-order valence-corrected chi connectivity index (χ4v) is 4.37. The number of aromatic nitrogens is 3. The summed E-state index contributed by atoms with van der Waals surface area (Å²) in [6.07, 6.45) is 3.85. The topological polar surface area (TPSA) is 111 Å². The number of ether oxygens (including phenoxy) is 2. The van der Waals surface area contributed by atoms with Crippen molar-refractivity contribution in [2.75, 3.05) is 38.2 Å². The second-order valence-electron chi connectivity index (χ2n) is 9.00. The zero-order valence-corrected chi connectivity index (χ0v) is 20.7. The monoisotopic (exact) mass is 528 g/mol. The van der Waals surface area contributed by atoms with Crippen molar-refractivity contribution in [2.24, 2.45) is 0 Å². The van der Waals surface area contributed by atoms with E-state index in [0.717, 1.165) is 10.2 Å². The number of carbonyl (C=O) groups is 1. The van der Waals surface area contributed by atoms with Gasteiger partial charge in [0.25, 0.3) is 5.56 Å². The molecular weight excluding hydrogens is 503 g/mol. The van der Waals surface area contributed by atoms with Crippen LogP contribution in [-0.4, -0.2) is 64.2 Å². The first-order chi connectivity index (χ1) is 17.9. The van der Waals surface area contributed by atoms with E-state index in [0.29, 0.717) is 56.4 Å². The third kappa shape index (κ3) is 5.83. The number of urea groups is 1. The molecule has 0 unspecified atom stereocenters. The smallest absolute Gasteiger partial charge is 0.317 e. The third-order valence-electron chi connectivity index (χ3n) is 6.22. The van der Waals surface area contributed by atoms with E-state index >= 15 is 0 Å². The zero-order chi connectivity index (χ0) is 25.8. The summed E-state index contributed by atoms with van der Waals surface area (Å²) in [5, 5.41) is 9.72. The predicted molar refractivity (Wildman–Crippen MR) is 135 cm³/mol. The maximum Gasteiger partial charge on any atom is 0.317 e. The van der Waals surface area contributed by atoms with Crippen molar-refractivity contribution < 1.29 is 18.7 Å². The molecule has 2 aromatic heterocycles. The van der Waals surface area contributed by atoms with E-state index in [1.54, 1.807) is 29.2 Å². The molecule has 1 aromatic carbocycles. The van der Waals surface area contributed by atoms with Crippen LogP contribution in [0.3, 0.4) is 0 Å². The van der Waals surface area contributed by atoms with Gasteiger partial charge < -0.3 is 25.0 Å². The van der Waals surface area contributed by atoms with Gasteiger partial charge in [0, 0.05) is 32.3 Å². The molecule has 2 fully saturated rings. The summed E-state index contributed by atoms with van der Waals surface area (Å²) in [5.41, 5.74) is -0.431. The molecule has 2 N–H and O–H groups in total. The van der Waals surface area contributed by atoms with Crippen LogP contribution in [-0.2, 0) is 11.3 Å². The molecule has 0 aliphatic carbocycles. The van der Waals surface area contributed by atoms with E-state index in [1.807, 2.05) is 12.1 Å². The average Bonchev–Trinajstić information content (AvgIpc) is 3.31. The van der Waals surface area contributed by atoms with Gasteiger partial charge in [-0.3, -0.25) is 4.79 Å². The molecule has 2 saturated heterocycles. The Hall–Kier alpha value is -3.70. The Balaban J connectivity index is 1.22. The molecule has 194 valence electrons. The van der Waals surface area contributed by atoms with Crippen LogP contribution in [0.25, 0.3) is 5.69 Å². The minimum atomic E-state index is -1.51. The fourth-order valence-electron chi connectivity index (χ4n) is 4.18. The summed E-state index contributed by atoms with van der Waals surface area (Å²) >= 11 is 6.26. The molecule has 2 aliphatic rings. The van der Waals surface area contributed by atoms with E-state index < -0.39 is 11.2 Å². The molecule has 0 saturated carbocycles. The van der Waals surface area contributed by atoms with Gasteiger partial charge in [0.05, 0.1) is 36.9 Å². The molecule has 12 heteroatoms. The van der Waals surface area contributed by atoms with Crippen LogP contribution in [0.5, 0.6) is 11.6 Å². The van der Waals surface area contributed by atoms with Gasteiger partial charge in [-0.15, -0.1) is 0 Å². The Morgan fingerprint density at radius 1 is 1.19 bits per heavy atom. The fraction of sp³-hybridized carbons (Fsp3) is 0.360. The molecule has 2 aliphatic heterocycles. The van der Waals surface area contributed by atoms with Crippen molar-refractivity contribution in [3.63, 3.8) is 0 Å². The van der Waals surface area contributed by atoms with Crippen molar-refractivity contribution in [1.29, 1.82) is 0 Å². The largest absolute Gasteiger partial charge is 0.439 e. The first-order valence-corrected chi connectivity index (χ1v) is 12.3. The Kier molecular flexibility index (Phi) is 7.24. The van der Waals surface area contributed by atoms with Crippen molar-refractivity contribution in [3.8, 4) is 17.3 Å². The number of hydrogen-bond acceptors (Lipinski definition) is 7. The van der Waals surface area contributed by atoms with Crippen LogP contribution in [0.4, 0.5) is 14.9 Å². The number of alkyl halides is 1. The van der Waals surface area contributed by atoms with Gasteiger partial charge in [0.15, 0.2) is 5.67 Å². The van der Waals surface area contributed by atoms with Gasteiger partial charge in [-0.2, -0.15) is 9.78 Å². The van der Waals surface area contributed by atoms with Crippen molar-refractivity contribution in [3.05, 3.63) is 69.7 Å². The summed E-state index contributed by atoms with van der Waals surface area (Å²) in [5.74, 6) is 0.911. The SMILES string of the molecule is O=C1NCCN1Cc1ccc(Oc2ccc(-n3ncc(NC[C@@]4(F)CCCOC4)c(Cl)c3=O)cn2)cc1. The summed E-state index contributed by atoms with van der Waals surface area (Å²) in [6.45, 7) is 2.40. The second-order valence-corrected chi connectivity index (χ2v) is 9.38. The maximum absolute atomic E-state index is 14.8. The third-order valence-corrected chi connectivity index (χ3v) is 6.58. The molecule has 2 amide bonds. The molecular formula is C25H26ClFN6O4. The molecule has 10 nitrogen and oxygen atoms in total. The van der Waals surface area contributed by atoms with Crippen LogP contribution >= 0.6 is 11.6 Å². The standard InChI is InChI=1S/C25H26ClFN6O4/c26-22-20(30-15-25(27)8-1-11-36-16-25)13-31-33(23(22)34)18-4-7-21(29-12-18)37-19-5-2-17(3-6-19)14-32-10-9-28-24(32)35/h2-7,12-13,30H,1,8-11,14-16H2,(H,28,35)/t25-/m0/s1. The minimum Gasteiger partial charge on any atom is -0.439 e. The van der Waals surface area contributed by atoms with Gasteiger partial charge in [-0.05, 0) is 36.6 Å². The van der Waals surface area contributed by atoms with E-state index in [4.69, 9.17) is 21.1 Å². The first kappa shape index (κ1) is 25.0. The van der Waals surface area contributed by atoms with E-state index in [9.17, 15) is 14.0 Å². The number of hydrogen-bond donors (Lipinski definition) is 2. The quantitative estimate of drug-likeness (QED) is 0.460. The van der Waals surface area contributed by atoms with Crippen molar-refractivity contribution in [1.82, 2.24) is 25.0 Å². The second kappa shape index (κ2) is 10.7. The molecule has 0 bridgehead atoms. The van der Waals surface area contributed by atoms with Crippen LogP contribution in [0.1, 0.15) is 18.4 Å². The highest BCUT2D eigenvalue weighted by Crippen LogP contribution is 2.26. The Morgan fingerprint density at radius 2 is 2.03 bits per heavy atom. The number of anilines is 1. The molecule has 3 aromatic rings. The lowest BCUT2D eigenvalue weighted by Crippen LogP contribution is -2.40. The molecule has 37 heavy (non-hydrogen) atoms. The van der Waals surface area contributed by atoms with Crippen LogP contribution in [0.15, 0.2) is 53.6 Å². The lowest BCUT2D eigenvalue weighted by atomic mass is 9.99. The number of pyridine rings is 1. The summed E-state index contributed by atoms with van der Waals surface area (Å²) in [7, 11) is 0. The van der Waals surface area contributed by atoms with Gasteiger partial charge >= 0.3 is 6.03 Å². The summed E-state index contributed by atoms with van der Waals surface area (Å²) in [6, 6.07) is 10.6. The number of nitrogens with zero attached hydrogens (tertiary/aromatic N) is 4. The van der Waals surface area contributed by atoms with Gasteiger partial charge in [0.2, 0.25) is 5.88 Å². The number of benzene rings is 1. The number of amides is 2.